The maximum absolute atomic E-state index is 11.2. The van der Waals surface area contributed by atoms with E-state index >= 15 is 0 Å². The van der Waals surface area contributed by atoms with Crippen molar-refractivity contribution in [1.82, 2.24) is 0 Å². The number of carbonyl (C=O) groups excluding carboxylic acids is 1. The fraction of sp³-hybridized carbons (Fsp3) is 0.875. The quantitative estimate of drug-likeness (QED) is 0.534. The Morgan fingerprint density at radius 2 is 2.27 bits per heavy atom. The van der Waals surface area contributed by atoms with Gasteiger partial charge in [-0.2, -0.15) is 0 Å². The van der Waals surface area contributed by atoms with Crippen molar-refractivity contribution < 1.29 is 9.53 Å². The molecule has 0 N–H and O–H groups in total. The van der Waals surface area contributed by atoms with Gasteiger partial charge in [-0.15, -0.1) is 0 Å². The molecule has 0 fully saturated rings. The van der Waals surface area contributed by atoms with Crippen LogP contribution in [0.1, 0.15) is 26.7 Å². The molecule has 0 aromatic heterocycles. The standard InChI is InChI=1S/C8H15O2.Li/c1-4-6-8(9)7(3)10-5-2;/h7H,1,4-6H2,2-3H3;. The van der Waals surface area contributed by atoms with Gasteiger partial charge in [0.15, 0.2) is 0 Å². The van der Waals surface area contributed by atoms with Crippen LogP contribution in [0.3, 0.4) is 0 Å². The van der Waals surface area contributed by atoms with Gasteiger partial charge < -0.3 is 0 Å². The maximum atomic E-state index is 11.2. The summed E-state index contributed by atoms with van der Waals surface area (Å²) in [5.74, 6) is 0.230. The van der Waals surface area contributed by atoms with Gasteiger partial charge in [0.1, 0.15) is 0 Å². The topological polar surface area (TPSA) is 26.3 Å². The van der Waals surface area contributed by atoms with Crippen molar-refractivity contribution in [3.05, 3.63) is 0 Å². The molecular formula is C8H15LiO2. The molecule has 3 heteroatoms. The molecular weight excluding hydrogens is 135 g/mol. The van der Waals surface area contributed by atoms with Crippen LogP contribution in [0.4, 0.5) is 0 Å². The Bertz CT molecular complexity index is 115. The second-order valence-electron chi connectivity index (χ2n) is 2.67. The molecule has 0 spiro atoms. The number of hydrogen-bond acceptors (Lipinski definition) is 2. The molecule has 0 radical (unpaired) electrons. The van der Waals surface area contributed by atoms with E-state index in [4.69, 9.17) is 4.74 Å². The molecule has 11 heavy (non-hydrogen) atoms. The Hall–Kier alpha value is 0.227. The van der Waals surface area contributed by atoms with E-state index in [0.717, 1.165) is 11.5 Å². The van der Waals surface area contributed by atoms with Crippen LogP contribution in [0.5, 0.6) is 0 Å². The Balaban J connectivity index is 3.47. The summed E-state index contributed by atoms with van der Waals surface area (Å²) >= 11 is 2.08. The van der Waals surface area contributed by atoms with Crippen molar-refractivity contribution in [3.8, 4) is 0 Å². The number of Topliss-reactive ketones (excluding diaryl/α,β-unsaturated/α-hetero) is 1. The van der Waals surface area contributed by atoms with Crippen LogP contribution in [0.15, 0.2) is 0 Å². The second kappa shape index (κ2) is 6.91. The van der Waals surface area contributed by atoms with Gasteiger partial charge >= 0.3 is 77.5 Å². The van der Waals surface area contributed by atoms with E-state index < -0.39 is 0 Å². The van der Waals surface area contributed by atoms with Crippen LogP contribution in [-0.4, -0.2) is 36.2 Å². The predicted octanol–water partition coefficient (Wildman–Crippen LogP) is 1.35. The van der Waals surface area contributed by atoms with Crippen molar-refractivity contribution >= 4 is 23.5 Å². The molecule has 0 aliphatic heterocycles. The van der Waals surface area contributed by atoms with E-state index in [1.54, 1.807) is 0 Å². The number of hydrogen-bond donors (Lipinski definition) is 0. The molecule has 0 amide bonds. The monoisotopic (exact) mass is 150 g/mol. The molecule has 1 unspecified atom stereocenters. The first-order chi connectivity index (χ1) is 5.22. The first-order valence-electron chi connectivity index (χ1n) is 4.36. The Labute approximate surface area is 77.9 Å². The van der Waals surface area contributed by atoms with E-state index in [1.807, 2.05) is 13.8 Å². The third kappa shape index (κ3) is 5.49. The van der Waals surface area contributed by atoms with E-state index in [1.165, 1.54) is 0 Å². The van der Waals surface area contributed by atoms with Gasteiger partial charge in [0, 0.05) is 0 Å². The summed E-state index contributed by atoms with van der Waals surface area (Å²) in [7, 11) is 0. The molecule has 2 nitrogen and oxygen atoms in total. The molecule has 0 aromatic rings. The van der Waals surface area contributed by atoms with Crippen LogP contribution in [-0.2, 0) is 9.53 Å². The third-order valence-electron chi connectivity index (χ3n) is 1.65. The Morgan fingerprint density at radius 3 is 2.73 bits per heavy atom. The number of ketones is 1. The molecule has 0 aliphatic rings. The molecule has 0 rings (SSSR count). The fourth-order valence-electron chi connectivity index (χ4n) is 0.897. The van der Waals surface area contributed by atoms with Gasteiger partial charge in [0.05, 0.1) is 0 Å². The summed E-state index contributed by atoms with van der Waals surface area (Å²) in [6, 6.07) is 0. The summed E-state index contributed by atoms with van der Waals surface area (Å²) < 4.78 is 5.15. The Kier molecular flexibility index (Phi) is 7.05. The van der Waals surface area contributed by atoms with Crippen LogP contribution in [0.2, 0.25) is 5.09 Å². The summed E-state index contributed by atoms with van der Waals surface area (Å²) in [4.78, 5) is 11.2. The predicted molar refractivity (Wildman–Crippen MR) is 45.9 cm³/mol. The van der Waals surface area contributed by atoms with Crippen LogP contribution >= 0.6 is 0 Å². The molecule has 60 valence electrons. The Morgan fingerprint density at radius 1 is 1.64 bits per heavy atom. The number of rotatable bonds is 6. The normalized spacial score (nSPS) is 13.1. The molecule has 0 saturated heterocycles. The molecule has 0 aliphatic carbocycles. The van der Waals surface area contributed by atoms with E-state index in [9.17, 15) is 4.79 Å². The van der Waals surface area contributed by atoms with Gasteiger partial charge in [0.2, 0.25) is 0 Å². The fourth-order valence-corrected chi connectivity index (χ4v) is 0.897. The molecule has 0 heterocycles. The SMILES string of the molecule is [Li][CH2]CCC(=O)C(C)OCC. The van der Waals surface area contributed by atoms with Crippen molar-refractivity contribution in [3.63, 3.8) is 0 Å². The van der Waals surface area contributed by atoms with Crippen molar-refractivity contribution in [1.29, 1.82) is 0 Å². The first kappa shape index (κ1) is 11.2. The van der Waals surface area contributed by atoms with Gasteiger partial charge in [-0.25, -0.2) is 0 Å². The number of ether oxygens (including phenoxy) is 1. The average Bonchev–Trinajstić information content (AvgIpc) is 2.00. The van der Waals surface area contributed by atoms with Gasteiger partial charge in [0.25, 0.3) is 0 Å². The first-order valence-corrected chi connectivity index (χ1v) is 4.36. The van der Waals surface area contributed by atoms with Gasteiger partial charge in [-0.3, -0.25) is 0 Å². The minimum atomic E-state index is -0.202. The van der Waals surface area contributed by atoms with Crippen LogP contribution < -0.4 is 0 Å². The van der Waals surface area contributed by atoms with Gasteiger partial charge in [-0.1, -0.05) is 0 Å². The zero-order chi connectivity index (χ0) is 8.69. The summed E-state index contributed by atoms with van der Waals surface area (Å²) in [6.45, 7) is 4.35. The molecule has 0 aromatic carbocycles. The van der Waals surface area contributed by atoms with Crippen molar-refractivity contribution in [2.24, 2.45) is 0 Å². The number of carbonyl (C=O) groups is 1. The van der Waals surface area contributed by atoms with Crippen molar-refractivity contribution in [2.45, 2.75) is 37.9 Å². The molecule has 1 atom stereocenters. The summed E-state index contributed by atoms with van der Waals surface area (Å²) in [6.07, 6.45) is 1.44. The van der Waals surface area contributed by atoms with E-state index in [2.05, 4.69) is 17.7 Å². The zero-order valence-corrected chi connectivity index (χ0v) is 7.72. The van der Waals surface area contributed by atoms with Gasteiger partial charge in [-0.05, 0) is 0 Å². The van der Waals surface area contributed by atoms with E-state index in [0.29, 0.717) is 13.0 Å². The minimum absolute atomic E-state index is 0.202. The molecule has 0 bridgehead atoms. The summed E-state index contributed by atoms with van der Waals surface area (Å²) in [5.41, 5.74) is 0. The molecule has 0 saturated carbocycles. The van der Waals surface area contributed by atoms with Crippen LogP contribution in [0.25, 0.3) is 0 Å². The average molecular weight is 150 g/mol. The second-order valence-corrected chi connectivity index (χ2v) is 2.67. The summed E-state index contributed by atoms with van der Waals surface area (Å²) in [5, 5.41) is 1.07. The van der Waals surface area contributed by atoms with E-state index in [-0.39, 0.29) is 11.9 Å². The zero-order valence-electron chi connectivity index (χ0n) is 7.72. The third-order valence-corrected chi connectivity index (χ3v) is 1.65. The van der Waals surface area contributed by atoms with Crippen molar-refractivity contribution in [2.75, 3.05) is 6.61 Å². The van der Waals surface area contributed by atoms with Crippen LogP contribution in [0, 0.1) is 0 Å².